The lowest BCUT2D eigenvalue weighted by atomic mass is 10.2. The topological polar surface area (TPSA) is 113 Å². The van der Waals surface area contributed by atoms with Crippen LogP contribution in [0.2, 0.25) is 0 Å². The normalized spacial score (nSPS) is 9.90. The molecule has 108 valence electrons. The van der Waals surface area contributed by atoms with Crippen molar-refractivity contribution in [3.05, 3.63) is 28.2 Å². The molecule has 1 aromatic rings. The number of carbonyl (C=O) groups is 3. The number of nitrogens with one attached hydrogen (secondary N) is 1. The SMILES string of the molecule is CCN(CC(N)=O)C(=O)Nc1ccc(Br)cc1C(=O)O. The Morgan fingerprint density at radius 2 is 2.05 bits per heavy atom. The van der Waals surface area contributed by atoms with Crippen molar-refractivity contribution in [3.63, 3.8) is 0 Å². The standard InChI is InChI=1S/C12H14BrN3O4/c1-2-16(6-10(14)17)12(20)15-9-4-3-7(13)5-8(9)11(18)19/h3-5H,2,6H2,1H3,(H2,14,17)(H,15,20)(H,18,19). The summed E-state index contributed by atoms with van der Waals surface area (Å²) in [5, 5.41) is 11.5. The summed E-state index contributed by atoms with van der Waals surface area (Å²) in [7, 11) is 0. The van der Waals surface area contributed by atoms with Gasteiger partial charge in [-0.25, -0.2) is 9.59 Å². The van der Waals surface area contributed by atoms with Crippen molar-refractivity contribution in [1.29, 1.82) is 0 Å². The number of amides is 3. The highest BCUT2D eigenvalue weighted by Crippen LogP contribution is 2.21. The fourth-order valence-electron chi connectivity index (χ4n) is 1.51. The average molecular weight is 344 g/mol. The van der Waals surface area contributed by atoms with Gasteiger partial charge in [0.25, 0.3) is 0 Å². The summed E-state index contributed by atoms with van der Waals surface area (Å²) < 4.78 is 0.581. The van der Waals surface area contributed by atoms with E-state index in [9.17, 15) is 14.4 Å². The van der Waals surface area contributed by atoms with Crippen molar-refractivity contribution in [3.8, 4) is 0 Å². The number of hydrogen-bond acceptors (Lipinski definition) is 3. The third kappa shape index (κ3) is 4.23. The van der Waals surface area contributed by atoms with Crippen LogP contribution in [-0.4, -0.2) is 41.0 Å². The van der Waals surface area contributed by atoms with E-state index in [2.05, 4.69) is 21.2 Å². The zero-order valence-corrected chi connectivity index (χ0v) is 12.3. The van der Waals surface area contributed by atoms with Crippen LogP contribution in [0.25, 0.3) is 0 Å². The number of carboxylic acids is 1. The van der Waals surface area contributed by atoms with Crippen molar-refractivity contribution in [1.82, 2.24) is 4.90 Å². The van der Waals surface area contributed by atoms with E-state index in [0.29, 0.717) is 4.47 Å². The van der Waals surface area contributed by atoms with Crippen LogP contribution in [0.15, 0.2) is 22.7 Å². The lowest BCUT2D eigenvalue weighted by molar-refractivity contribution is -0.118. The van der Waals surface area contributed by atoms with Gasteiger partial charge in [0.1, 0.15) is 6.54 Å². The highest BCUT2D eigenvalue weighted by molar-refractivity contribution is 9.10. The summed E-state index contributed by atoms with van der Waals surface area (Å²) in [5.41, 5.74) is 5.13. The molecule has 0 aliphatic carbocycles. The molecule has 1 aromatic carbocycles. The van der Waals surface area contributed by atoms with Crippen LogP contribution in [0, 0.1) is 0 Å². The third-order valence-corrected chi connectivity index (χ3v) is 2.96. The fraction of sp³-hybridized carbons (Fsp3) is 0.250. The Labute approximate surface area is 123 Å². The molecule has 0 saturated carbocycles. The molecule has 8 heteroatoms. The Kier molecular flexibility index (Phi) is 5.51. The van der Waals surface area contributed by atoms with Gasteiger partial charge >= 0.3 is 12.0 Å². The molecule has 0 fully saturated rings. The van der Waals surface area contributed by atoms with Gasteiger partial charge in [0.2, 0.25) is 5.91 Å². The van der Waals surface area contributed by atoms with Crippen LogP contribution >= 0.6 is 15.9 Å². The summed E-state index contributed by atoms with van der Waals surface area (Å²) in [6.07, 6.45) is 0. The van der Waals surface area contributed by atoms with E-state index < -0.39 is 17.9 Å². The summed E-state index contributed by atoms with van der Waals surface area (Å²) in [6, 6.07) is 3.86. The number of carboxylic acid groups (broad SMARTS) is 1. The Bertz CT molecular complexity index is 548. The Morgan fingerprint density at radius 1 is 1.40 bits per heavy atom. The van der Waals surface area contributed by atoms with Gasteiger partial charge < -0.3 is 21.1 Å². The molecular formula is C12H14BrN3O4. The smallest absolute Gasteiger partial charge is 0.337 e. The highest BCUT2D eigenvalue weighted by atomic mass is 79.9. The van der Waals surface area contributed by atoms with E-state index in [-0.39, 0.29) is 24.3 Å². The van der Waals surface area contributed by atoms with Gasteiger partial charge in [-0.15, -0.1) is 0 Å². The zero-order valence-electron chi connectivity index (χ0n) is 10.7. The molecule has 7 nitrogen and oxygen atoms in total. The number of primary amides is 1. The van der Waals surface area contributed by atoms with E-state index >= 15 is 0 Å². The fourth-order valence-corrected chi connectivity index (χ4v) is 1.87. The maximum Gasteiger partial charge on any atom is 0.337 e. The first kappa shape index (κ1) is 16.0. The Morgan fingerprint density at radius 3 is 2.55 bits per heavy atom. The molecule has 20 heavy (non-hydrogen) atoms. The van der Waals surface area contributed by atoms with Crippen LogP contribution in [0.1, 0.15) is 17.3 Å². The molecule has 0 atom stereocenters. The molecule has 3 amide bonds. The average Bonchev–Trinajstić information content (AvgIpc) is 2.37. The van der Waals surface area contributed by atoms with Crippen LogP contribution < -0.4 is 11.1 Å². The van der Waals surface area contributed by atoms with Crippen molar-refractivity contribution >= 4 is 39.5 Å². The Balaban J connectivity index is 2.95. The number of nitrogens with zero attached hydrogens (tertiary/aromatic N) is 1. The third-order valence-electron chi connectivity index (χ3n) is 2.47. The van der Waals surface area contributed by atoms with E-state index in [1.807, 2.05) is 0 Å². The summed E-state index contributed by atoms with van der Waals surface area (Å²) in [5.74, 6) is -1.81. The van der Waals surface area contributed by atoms with Crippen molar-refractivity contribution in [2.75, 3.05) is 18.4 Å². The number of carbonyl (C=O) groups excluding carboxylic acids is 2. The van der Waals surface area contributed by atoms with E-state index in [1.165, 1.54) is 17.0 Å². The minimum atomic E-state index is -1.17. The summed E-state index contributed by atoms with van der Waals surface area (Å²) in [4.78, 5) is 35.1. The Hall–Kier alpha value is -2.09. The van der Waals surface area contributed by atoms with Crippen LogP contribution in [0.3, 0.4) is 0 Å². The number of likely N-dealkylation sites (N-methyl/N-ethyl adjacent to an activating group) is 1. The minimum absolute atomic E-state index is 0.0529. The minimum Gasteiger partial charge on any atom is -0.478 e. The first-order chi connectivity index (χ1) is 9.35. The van der Waals surface area contributed by atoms with Gasteiger partial charge in [-0.05, 0) is 25.1 Å². The number of halogens is 1. The van der Waals surface area contributed by atoms with Gasteiger partial charge in [0.15, 0.2) is 0 Å². The molecule has 0 radical (unpaired) electrons. The molecule has 0 aromatic heterocycles. The molecule has 1 rings (SSSR count). The molecule has 0 aliphatic rings. The lowest BCUT2D eigenvalue weighted by Crippen LogP contribution is -2.41. The van der Waals surface area contributed by atoms with Crippen molar-refractivity contribution in [2.24, 2.45) is 5.73 Å². The predicted octanol–water partition coefficient (Wildman–Crippen LogP) is 1.49. The maximum absolute atomic E-state index is 11.9. The quantitative estimate of drug-likeness (QED) is 0.751. The van der Waals surface area contributed by atoms with Gasteiger partial charge in [-0.2, -0.15) is 0 Å². The number of hydrogen-bond donors (Lipinski definition) is 3. The predicted molar refractivity (Wildman–Crippen MR) is 76.6 cm³/mol. The number of benzene rings is 1. The number of rotatable bonds is 5. The molecular weight excluding hydrogens is 330 g/mol. The van der Waals surface area contributed by atoms with Crippen molar-refractivity contribution in [2.45, 2.75) is 6.92 Å². The van der Waals surface area contributed by atoms with E-state index in [0.717, 1.165) is 0 Å². The van der Waals surface area contributed by atoms with Crippen LogP contribution in [0.4, 0.5) is 10.5 Å². The molecule has 0 saturated heterocycles. The highest BCUT2D eigenvalue weighted by Gasteiger charge is 2.17. The summed E-state index contributed by atoms with van der Waals surface area (Å²) >= 11 is 3.16. The second kappa shape index (κ2) is 6.90. The monoisotopic (exact) mass is 343 g/mol. The van der Waals surface area contributed by atoms with Gasteiger partial charge in [-0.3, -0.25) is 4.79 Å². The zero-order chi connectivity index (χ0) is 15.3. The molecule has 4 N–H and O–H groups in total. The maximum atomic E-state index is 11.9. The molecule has 0 spiro atoms. The lowest BCUT2D eigenvalue weighted by Gasteiger charge is -2.20. The van der Waals surface area contributed by atoms with Gasteiger partial charge in [0.05, 0.1) is 11.3 Å². The molecule has 0 unspecified atom stereocenters. The van der Waals surface area contributed by atoms with Gasteiger partial charge in [0, 0.05) is 11.0 Å². The second-order valence-corrected chi connectivity index (χ2v) is 4.82. The van der Waals surface area contributed by atoms with Crippen molar-refractivity contribution < 1.29 is 19.5 Å². The number of anilines is 1. The van der Waals surface area contributed by atoms with E-state index in [4.69, 9.17) is 10.8 Å². The van der Waals surface area contributed by atoms with Crippen LogP contribution in [-0.2, 0) is 4.79 Å². The summed E-state index contributed by atoms with van der Waals surface area (Å²) in [6.45, 7) is 1.72. The largest absolute Gasteiger partial charge is 0.478 e. The second-order valence-electron chi connectivity index (χ2n) is 3.91. The number of urea groups is 1. The molecule has 0 bridgehead atoms. The number of nitrogens with two attached hydrogens (primary N) is 1. The number of aromatic carboxylic acids is 1. The van der Waals surface area contributed by atoms with E-state index in [1.54, 1.807) is 13.0 Å². The first-order valence-corrected chi connectivity index (χ1v) is 6.51. The molecule has 0 aliphatic heterocycles. The van der Waals surface area contributed by atoms with Gasteiger partial charge in [-0.1, -0.05) is 15.9 Å². The molecule has 0 heterocycles. The first-order valence-electron chi connectivity index (χ1n) is 5.72. The van der Waals surface area contributed by atoms with Crippen LogP contribution in [0.5, 0.6) is 0 Å².